The monoisotopic (exact) mass is 264 g/mol. The van der Waals surface area contributed by atoms with Gasteiger partial charge in [0.25, 0.3) is 5.91 Å². The Morgan fingerprint density at radius 2 is 2.05 bits per heavy atom. The van der Waals surface area contributed by atoms with Crippen LogP contribution in [0.4, 0.5) is 0 Å². The lowest BCUT2D eigenvalue weighted by Crippen LogP contribution is -2.35. The fourth-order valence-electron chi connectivity index (χ4n) is 1.97. The molecule has 0 aliphatic carbocycles. The Hall–Kier alpha value is -1.55. The molecule has 0 aromatic heterocycles. The molecule has 0 heterocycles. The third-order valence-electron chi connectivity index (χ3n) is 3.16. The molecule has 0 unspecified atom stereocenters. The molecular weight excluding hydrogens is 240 g/mol. The molecule has 1 aromatic carbocycles. The van der Waals surface area contributed by atoms with E-state index in [0.29, 0.717) is 17.7 Å². The topological polar surface area (TPSA) is 52.6 Å². The first kappa shape index (κ1) is 15.5. The van der Waals surface area contributed by atoms with Gasteiger partial charge >= 0.3 is 0 Å². The average Bonchev–Trinajstić information content (AvgIpc) is 2.40. The van der Waals surface area contributed by atoms with Crippen molar-refractivity contribution >= 4 is 5.91 Å². The zero-order valence-electron chi connectivity index (χ0n) is 12.1. The molecule has 4 nitrogen and oxygen atoms in total. The number of phenols is 1. The van der Waals surface area contributed by atoms with Crippen LogP contribution in [0.15, 0.2) is 18.2 Å². The largest absolute Gasteiger partial charge is 0.508 e. The van der Waals surface area contributed by atoms with Gasteiger partial charge < -0.3 is 15.3 Å². The first-order valence-corrected chi connectivity index (χ1v) is 6.88. The van der Waals surface area contributed by atoms with Crippen LogP contribution in [-0.2, 0) is 0 Å². The highest BCUT2D eigenvalue weighted by molar-refractivity contribution is 5.94. The molecule has 0 atom stereocenters. The molecule has 2 N–H and O–H groups in total. The van der Waals surface area contributed by atoms with Gasteiger partial charge in [-0.15, -0.1) is 0 Å². The molecule has 19 heavy (non-hydrogen) atoms. The van der Waals surface area contributed by atoms with Gasteiger partial charge in [-0.2, -0.15) is 0 Å². The minimum absolute atomic E-state index is 0.0874. The SMILES string of the molecule is CCCN(CC)CCNC(=O)c1ccc(O)c(C)c1. The fraction of sp³-hybridized carbons (Fsp3) is 0.533. The number of hydrogen-bond donors (Lipinski definition) is 2. The molecule has 1 rings (SSSR count). The van der Waals surface area contributed by atoms with E-state index >= 15 is 0 Å². The Labute approximate surface area is 115 Å². The summed E-state index contributed by atoms with van der Waals surface area (Å²) in [5.74, 6) is 0.132. The molecule has 1 amide bonds. The van der Waals surface area contributed by atoms with E-state index in [4.69, 9.17) is 0 Å². The van der Waals surface area contributed by atoms with Crippen LogP contribution >= 0.6 is 0 Å². The van der Waals surface area contributed by atoms with Crippen molar-refractivity contribution in [2.45, 2.75) is 27.2 Å². The van der Waals surface area contributed by atoms with Crippen molar-refractivity contribution in [2.24, 2.45) is 0 Å². The number of benzene rings is 1. The standard InChI is InChI=1S/C15H24N2O2/c1-4-9-17(5-2)10-8-16-15(19)13-6-7-14(18)12(3)11-13/h6-7,11,18H,4-5,8-10H2,1-3H3,(H,16,19). The first-order chi connectivity index (χ1) is 9.08. The smallest absolute Gasteiger partial charge is 0.251 e. The van der Waals surface area contributed by atoms with E-state index in [0.717, 1.165) is 26.1 Å². The van der Waals surface area contributed by atoms with Crippen molar-refractivity contribution < 1.29 is 9.90 Å². The number of aromatic hydroxyl groups is 1. The van der Waals surface area contributed by atoms with Gasteiger partial charge in [0, 0.05) is 18.7 Å². The second kappa shape index (κ2) is 7.79. The van der Waals surface area contributed by atoms with Crippen LogP contribution in [0.2, 0.25) is 0 Å². The molecule has 1 aromatic rings. The van der Waals surface area contributed by atoms with Crippen LogP contribution in [0.5, 0.6) is 5.75 Å². The second-order valence-corrected chi connectivity index (χ2v) is 4.69. The summed E-state index contributed by atoms with van der Waals surface area (Å²) in [6, 6.07) is 4.90. The maximum atomic E-state index is 11.9. The third-order valence-corrected chi connectivity index (χ3v) is 3.16. The van der Waals surface area contributed by atoms with Gasteiger partial charge in [0.15, 0.2) is 0 Å². The van der Waals surface area contributed by atoms with Crippen molar-refractivity contribution in [3.05, 3.63) is 29.3 Å². The second-order valence-electron chi connectivity index (χ2n) is 4.69. The van der Waals surface area contributed by atoms with Crippen LogP contribution in [0.3, 0.4) is 0 Å². The first-order valence-electron chi connectivity index (χ1n) is 6.88. The van der Waals surface area contributed by atoms with E-state index in [1.807, 2.05) is 0 Å². The minimum Gasteiger partial charge on any atom is -0.508 e. The summed E-state index contributed by atoms with van der Waals surface area (Å²) < 4.78 is 0. The molecule has 0 radical (unpaired) electrons. The highest BCUT2D eigenvalue weighted by Gasteiger charge is 2.07. The summed E-state index contributed by atoms with van der Waals surface area (Å²) in [7, 11) is 0. The lowest BCUT2D eigenvalue weighted by atomic mass is 10.1. The average molecular weight is 264 g/mol. The molecule has 4 heteroatoms. The molecule has 0 fully saturated rings. The number of aryl methyl sites for hydroxylation is 1. The van der Waals surface area contributed by atoms with E-state index in [9.17, 15) is 9.90 Å². The number of nitrogens with one attached hydrogen (secondary N) is 1. The number of carbonyl (C=O) groups is 1. The molecule has 0 bridgehead atoms. The van der Waals surface area contributed by atoms with E-state index in [-0.39, 0.29) is 11.7 Å². The van der Waals surface area contributed by atoms with E-state index in [1.54, 1.807) is 25.1 Å². The van der Waals surface area contributed by atoms with Gasteiger partial charge in [0.2, 0.25) is 0 Å². The summed E-state index contributed by atoms with van der Waals surface area (Å²) in [5, 5.41) is 12.3. The van der Waals surface area contributed by atoms with Crippen molar-refractivity contribution in [3.63, 3.8) is 0 Å². The van der Waals surface area contributed by atoms with Gasteiger partial charge in [-0.3, -0.25) is 4.79 Å². The molecule has 106 valence electrons. The van der Waals surface area contributed by atoms with Crippen LogP contribution in [0, 0.1) is 6.92 Å². The third kappa shape index (κ3) is 4.91. The van der Waals surface area contributed by atoms with Gasteiger partial charge in [-0.25, -0.2) is 0 Å². The number of amides is 1. The minimum atomic E-state index is -0.0874. The summed E-state index contributed by atoms with van der Waals surface area (Å²) in [6.07, 6.45) is 1.12. The Balaban J connectivity index is 2.44. The van der Waals surface area contributed by atoms with E-state index in [1.165, 1.54) is 0 Å². The molecular formula is C15H24N2O2. The van der Waals surface area contributed by atoms with Crippen molar-refractivity contribution in [1.29, 1.82) is 0 Å². The number of rotatable bonds is 7. The predicted octanol–water partition coefficient (Wildman–Crippen LogP) is 2.16. The van der Waals surface area contributed by atoms with Crippen LogP contribution in [0.25, 0.3) is 0 Å². The Morgan fingerprint density at radius 3 is 2.63 bits per heavy atom. The van der Waals surface area contributed by atoms with Crippen LogP contribution < -0.4 is 5.32 Å². The Morgan fingerprint density at radius 1 is 1.32 bits per heavy atom. The lowest BCUT2D eigenvalue weighted by molar-refractivity contribution is 0.0948. The summed E-state index contributed by atoms with van der Waals surface area (Å²) in [6.45, 7) is 9.64. The van der Waals surface area contributed by atoms with Crippen molar-refractivity contribution in [2.75, 3.05) is 26.2 Å². The Bertz CT molecular complexity index is 419. The number of likely N-dealkylation sites (N-methyl/N-ethyl adjacent to an activating group) is 1. The van der Waals surface area contributed by atoms with Gasteiger partial charge in [0.1, 0.15) is 5.75 Å². The Kier molecular flexibility index (Phi) is 6.36. The number of carbonyl (C=O) groups excluding carboxylic acids is 1. The number of nitrogens with zero attached hydrogens (tertiary/aromatic N) is 1. The maximum Gasteiger partial charge on any atom is 0.251 e. The predicted molar refractivity (Wildman–Crippen MR) is 77.6 cm³/mol. The van der Waals surface area contributed by atoms with Crippen molar-refractivity contribution in [1.82, 2.24) is 10.2 Å². The lowest BCUT2D eigenvalue weighted by Gasteiger charge is -2.19. The quantitative estimate of drug-likeness (QED) is 0.793. The van der Waals surface area contributed by atoms with E-state index in [2.05, 4.69) is 24.1 Å². The van der Waals surface area contributed by atoms with Gasteiger partial charge in [-0.1, -0.05) is 13.8 Å². The summed E-state index contributed by atoms with van der Waals surface area (Å²) in [5.41, 5.74) is 1.31. The highest BCUT2D eigenvalue weighted by Crippen LogP contribution is 2.16. The van der Waals surface area contributed by atoms with Crippen molar-refractivity contribution in [3.8, 4) is 5.75 Å². The normalized spacial score (nSPS) is 10.7. The highest BCUT2D eigenvalue weighted by atomic mass is 16.3. The molecule has 0 saturated heterocycles. The zero-order valence-corrected chi connectivity index (χ0v) is 12.1. The maximum absolute atomic E-state index is 11.9. The van der Waals surface area contributed by atoms with Gasteiger partial charge in [0.05, 0.1) is 0 Å². The van der Waals surface area contributed by atoms with E-state index < -0.39 is 0 Å². The molecule has 0 aliphatic rings. The van der Waals surface area contributed by atoms with Crippen LogP contribution in [-0.4, -0.2) is 42.1 Å². The molecule has 0 spiro atoms. The summed E-state index contributed by atoms with van der Waals surface area (Å²) >= 11 is 0. The fourth-order valence-corrected chi connectivity index (χ4v) is 1.97. The zero-order chi connectivity index (χ0) is 14.3. The van der Waals surface area contributed by atoms with Crippen LogP contribution in [0.1, 0.15) is 36.2 Å². The number of phenolic OH excluding ortho intramolecular Hbond substituents is 1. The van der Waals surface area contributed by atoms with Gasteiger partial charge in [-0.05, 0) is 50.2 Å². The molecule has 0 saturated carbocycles. The summed E-state index contributed by atoms with van der Waals surface area (Å²) in [4.78, 5) is 14.2. The molecule has 0 aliphatic heterocycles. The number of hydrogen-bond acceptors (Lipinski definition) is 3.